The number of carbonyl (C=O) groups is 2. The van der Waals surface area contributed by atoms with Crippen molar-refractivity contribution in [3.8, 4) is 0 Å². The second-order valence-electron chi connectivity index (χ2n) is 6.01. The molecule has 0 aliphatic carbocycles. The maximum Gasteiger partial charge on any atom is 0.356 e. The van der Waals surface area contributed by atoms with Gasteiger partial charge in [0.15, 0.2) is 11.5 Å². The van der Waals surface area contributed by atoms with Crippen LogP contribution in [0.3, 0.4) is 0 Å². The van der Waals surface area contributed by atoms with E-state index in [1.165, 1.54) is 4.90 Å². The van der Waals surface area contributed by atoms with Crippen molar-refractivity contribution in [3.05, 3.63) is 39.6 Å². The predicted octanol–water partition coefficient (Wildman–Crippen LogP) is 3.22. The summed E-state index contributed by atoms with van der Waals surface area (Å²) < 4.78 is 0.784. The maximum atomic E-state index is 12.9. The highest BCUT2D eigenvalue weighted by Crippen LogP contribution is 2.41. The maximum absolute atomic E-state index is 12.9. The standard InChI is InChI=1S/C16H13BrClN5O3/c17-8-1-3-19-12(5-8)20-16(26)23-9-2-4-22(7-9)11-6-10(18)13(15(24)25)21-14(11)23/h1,3,5-6,9H,2,4,7H2,(H,24,25)(H,19,20,26)/t9-/m0/s1. The molecule has 2 bridgehead atoms. The first-order valence-electron chi connectivity index (χ1n) is 7.84. The molecule has 2 aliphatic heterocycles. The largest absolute Gasteiger partial charge is 0.476 e. The van der Waals surface area contributed by atoms with Gasteiger partial charge in [0.2, 0.25) is 0 Å². The molecule has 2 N–H and O–H groups in total. The highest BCUT2D eigenvalue weighted by molar-refractivity contribution is 9.10. The Kier molecular flexibility index (Phi) is 4.20. The summed E-state index contributed by atoms with van der Waals surface area (Å²) >= 11 is 9.40. The Morgan fingerprint density at radius 1 is 1.38 bits per heavy atom. The van der Waals surface area contributed by atoms with Crippen molar-refractivity contribution in [2.75, 3.05) is 28.2 Å². The molecule has 134 valence electrons. The van der Waals surface area contributed by atoms with Crippen LogP contribution in [0.5, 0.6) is 0 Å². The van der Waals surface area contributed by atoms with Crippen molar-refractivity contribution in [2.45, 2.75) is 12.5 Å². The number of hydrogen-bond acceptors (Lipinski definition) is 5. The predicted molar refractivity (Wildman–Crippen MR) is 100 cm³/mol. The average Bonchev–Trinajstić information content (AvgIpc) is 3.00. The summed E-state index contributed by atoms with van der Waals surface area (Å²) in [5.41, 5.74) is 0.386. The van der Waals surface area contributed by atoms with Crippen LogP contribution in [0.4, 0.5) is 22.1 Å². The lowest BCUT2D eigenvalue weighted by molar-refractivity contribution is 0.0690. The van der Waals surface area contributed by atoms with E-state index in [1.54, 1.807) is 24.4 Å². The van der Waals surface area contributed by atoms with Crippen molar-refractivity contribution in [1.82, 2.24) is 9.97 Å². The van der Waals surface area contributed by atoms with E-state index in [-0.39, 0.29) is 16.8 Å². The van der Waals surface area contributed by atoms with Gasteiger partial charge in [0.25, 0.3) is 0 Å². The van der Waals surface area contributed by atoms with Gasteiger partial charge in [0.05, 0.1) is 16.8 Å². The van der Waals surface area contributed by atoms with Crippen molar-refractivity contribution in [3.63, 3.8) is 0 Å². The van der Waals surface area contributed by atoms with E-state index in [0.717, 1.165) is 17.4 Å². The van der Waals surface area contributed by atoms with Crippen LogP contribution < -0.4 is 15.1 Å². The summed E-state index contributed by atoms with van der Waals surface area (Å²) in [6.45, 7) is 1.40. The summed E-state index contributed by atoms with van der Waals surface area (Å²) in [5.74, 6) is -0.549. The van der Waals surface area contributed by atoms with Crippen molar-refractivity contribution in [2.24, 2.45) is 0 Å². The van der Waals surface area contributed by atoms with Gasteiger partial charge in [-0.25, -0.2) is 19.6 Å². The quantitative estimate of drug-likeness (QED) is 0.747. The van der Waals surface area contributed by atoms with Gasteiger partial charge in [-0.3, -0.25) is 10.2 Å². The molecule has 26 heavy (non-hydrogen) atoms. The first-order valence-corrected chi connectivity index (χ1v) is 9.01. The fourth-order valence-corrected chi connectivity index (χ4v) is 3.84. The van der Waals surface area contributed by atoms with Crippen molar-refractivity contribution >= 4 is 56.9 Å². The van der Waals surface area contributed by atoms with Crippen LogP contribution in [0.25, 0.3) is 0 Å². The number of carbonyl (C=O) groups excluding carboxylic acids is 1. The summed E-state index contributed by atoms with van der Waals surface area (Å²) in [4.78, 5) is 36.2. The molecule has 10 heteroatoms. The van der Waals surface area contributed by atoms with E-state index in [9.17, 15) is 14.7 Å². The second kappa shape index (κ2) is 6.40. The summed E-state index contributed by atoms with van der Waals surface area (Å²) in [6.07, 6.45) is 2.33. The number of carboxylic acids is 1. The van der Waals surface area contributed by atoms with E-state index < -0.39 is 12.0 Å². The minimum absolute atomic E-state index is 0.0515. The monoisotopic (exact) mass is 437 g/mol. The highest BCUT2D eigenvalue weighted by Gasteiger charge is 2.41. The topological polar surface area (TPSA) is 98.7 Å². The zero-order valence-electron chi connectivity index (χ0n) is 13.3. The third-order valence-corrected chi connectivity index (χ3v) is 5.19. The van der Waals surface area contributed by atoms with Crippen molar-refractivity contribution in [1.29, 1.82) is 0 Å². The van der Waals surface area contributed by atoms with Gasteiger partial charge in [-0.15, -0.1) is 0 Å². The summed E-state index contributed by atoms with van der Waals surface area (Å²) in [7, 11) is 0. The van der Waals surface area contributed by atoms with E-state index in [0.29, 0.717) is 23.9 Å². The van der Waals surface area contributed by atoms with Gasteiger partial charge in [0.1, 0.15) is 5.82 Å². The normalized spacial score (nSPS) is 17.8. The lowest BCUT2D eigenvalue weighted by Gasteiger charge is -2.35. The summed E-state index contributed by atoms with van der Waals surface area (Å²) in [5, 5.41) is 12.1. The molecule has 1 fully saturated rings. The molecule has 0 aromatic carbocycles. The average molecular weight is 439 g/mol. The molecular formula is C16H13BrClN5O3. The number of anilines is 3. The molecule has 8 nitrogen and oxygen atoms in total. The van der Waals surface area contributed by atoms with Gasteiger partial charge in [-0.05, 0) is 24.6 Å². The van der Waals surface area contributed by atoms with Gasteiger partial charge >= 0.3 is 12.0 Å². The second-order valence-corrected chi connectivity index (χ2v) is 7.34. The lowest BCUT2D eigenvalue weighted by atomic mass is 10.1. The first-order chi connectivity index (χ1) is 12.4. The Morgan fingerprint density at radius 3 is 2.92 bits per heavy atom. The Hall–Kier alpha value is -2.39. The lowest BCUT2D eigenvalue weighted by Crippen LogP contribution is -2.48. The molecule has 0 radical (unpaired) electrons. The number of hydrogen-bond donors (Lipinski definition) is 2. The molecule has 0 saturated carbocycles. The molecular weight excluding hydrogens is 426 g/mol. The fourth-order valence-electron chi connectivity index (χ4n) is 3.28. The number of halogens is 2. The summed E-state index contributed by atoms with van der Waals surface area (Å²) in [6, 6.07) is 4.50. The van der Waals surface area contributed by atoms with Crippen LogP contribution >= 0.6 is 27.5 Å². The fraction of sp³-hybridized carbons (Fsp3) is 0.250. The molecule has 0 unspecified atom stereocenters. The SMILES string of the molecule is O=C(O)c1nc2c(cc1Cl)N1CC[C@@H](C1)N2C(=O)Nc1cc(Br)ccn1. The van der Waals surface area contributed by atoms with Gasteiger partial charge < -0.3 is 10.0 Å². The van der Waals surface area contributed by atoms with Gasteiger partial charge in [-0.1, -0.05) is 27.5 Å². The molecule has 2 aromatic heterocycles. The minimum atomic E-state index is -1.24. The van der Waals surface area contributed by atoms with E-state index >= 15 is 0 Å². The molecule has 4 heterocycles. The number of aromatic carboxylic acids is 1. The van der Waals surface area contributed by atoms with E-state index in [4.69, 9.17) is 11.6 Å². The Bertz CT molecular complexity index is 925. The number of urea groups is 1. The van der Waals surface area contributed by atoms with Crippen LogP contribution in [0.1, 0.15) is 16.9 Å². The number of pyridine rings is 2. The smallest absolute Gasteiger partial charge is 0.356 e. The van der Waals surface area contributed by atoms with Crippen LogP contribution in [-0.4, -0.2) is 46.2 Å². The number of aromatic nitrogens is 2. The number of nitrogens with zero attached hydrogens (tertiary/aromatic N) is 4. The number of fused-ring (bicyclic) bond motifs is 4. The molecule has 2 amide bonds. The van der Waals surface area contributed by atoms with Gasteiger partial charge in [0, 0.05) is 23.8 Å². The highest BCUT2D eigenvalue weighted by atomic mass is 79.9. The third kappa shape index (κ3) is 2.86. The van der Waals surface area contributed by atoms with Crippen molar-refractivity contribution < 1.29 is 14.7 Å². The molecule has 1 atom stereocenters. The van der Waals surface area contributed by atoms with Crippen LogP contribution in [0.2, 0.25) is 5.02 Å². The van der Waals surface area contributed by atoms with E-state index in [2.05, 4.69) is 36.1 Å². The Labute approximate surface area is 161 Å². The molecule has 0 spiro atoms. The number of rotatable bonds is 2. The zero-order chi connectivity index (χ0) is 18.4. The number of carboxylic acid groups (broad SMARTS) is 1. The van der Waals surface area contributed by atoms with Crippen LogP contribution in [0, 0.1) is 0 Å². The van der Waals surface area contributed by atoms with Gasteiger partial charge in [-0.2, -0.15) is 0 Å². The van der Waals surface area contributed by atoms with Crippen LogP contribution in [0.15, 0.2) is 28.9 Å². The van der Waals surface area contributed by atoms with E-state index in [1.807, 2.05) is 0 Å². The molecule has 2 aromatic rings. The molecule has 1 saturated heterocycles. The third-order valence-electron chi connectivity index (χ3n) is 4.41. The Morgan fingerprint density at radius 2 is 2.19 bits per heavy atom. The molecule has 4 rings (SSSR count). The Balaban J connectivity index is 1.74. The minimum Gasteiger partial charge on any atom is -0.476 e. The zero-order valence-corrected chi connectivity index (χ0v) is 15.7. The first kappa shape index (κ1) is 17.0. The molecule has 2 aliphatic rings. The number of amides is 2. The number of nitrogens with one attached hydrogen (secondary N) is 1. The van der Waals surface area contributed by atoms with Crippen LogP contribution in [-0.2, 0) is 0 Å².